The van der Waals surface area contributed by atoms with Gasteiger partial charge in [-0.15, -0.1) is 0 Å². The van der Waals surface area contributed by atoms with Gasteiger partial charge >= 0.3 is 0 Å². The first kappa shape index (κ1) is 48.9. The van der Waals surface area contributed by atoms with Crippen LogP contribution in [0.4, 0.5) is 22.7 Å². The third kappa shape index (κ3) is 10.8. The lowest BCUT2D eigenvalue weighted by Crippen LogP contribution is -2.39. The fourth-order valence-electron chi connectivity index (χ4n) is 10.0. The van der Waals surface area contributed by atoms with Crippen molar-refractivity contribution in [2.75, 3.05) is 75.0 Å². The van der Waals surface area contributed by atoms with Gasteiger partial charge in [-0.2, -0.15) is 11.8 Å². The second-order valence-electron chi connectivity index (χ2n) is 19.2. The van der Waals surface area contributed by atoms with E-state index in [2.05, 4.69) is 75.1 Å². The van der Waals surface area contributed by atoms with E-state index in [0.717, 1.165) is 57.8 Å². The van der Waals surface area contributed by atoms with Gasteiger partial charge in [0.2, 0.25) is 0 Å². The summed E-state index contributed by atoms with van der Waals surface area (Å²) in [6, 6.07) is 30.0. The van der Waals surface area contributed by atoms with Crippen molar-refractivity contribution in [1.29, 1.82) is 0 Å². The Labute approximate surface area is 416 Å². The van der Waals surface area contributed by atoms with Gasteiger partial charge in [0.1, 0.15) is 19.0 Å². The minimum Gasteiger partial charge on any atom is -0.493 e. The Morgan fingerprint density at radius 1 is 0.729 bits per heavy atom. The summed E-state index contributed by atoms with van der Waals surface area (Å²) in [5.41, 5.74) is 10.4. The number of anilines is 3. The number of thioether (sulfide) groups is 1. The number of ether oxygens (including phenoxy) is 6. The smallest absolute Gasteiger partial charge is 0.261 e. The van der Waals surface area contributed by atoms with Crippen LogP contribution in [-0.4, -0.2) is 100 Å². The van der Waals surface area contributed by atoms with E-state index >= 15 is 0 Å². The van der Waals surface area contributed by atoms with E-state index in [1.807, 2.05) is 89.3 Å². The molecule has 0 fully saturated rings. The molecular weight excluding hydrogens is 901 g/mol. The first-order valence-corrected chi connectivity index (χ1v) is 25.1. The number of carbonyl (C=O) groups excluding carboxylic acids is 2. The van der Waals surface area contributed by atoms with Gasteiger partial charge in [0.15, 0.2) is 11.5 Å². The minimum atomic E-state index is -0.174. The van der Waals surface area contributed by atoms with Crippen LogP contribution in [0.2, 0.25) is 0 Å². The normalized spacial score (nSPS) is 16.6. The maximum Gasteiger partial charge on any atom is 0.261 e. The van der Waals surface area contributed by atoms with Crippen molar-refractivity contribution >= 4 is 58.6 Å². The summed E-state index contributed by atoms with van der Waals surface area (Å²) in [4.78, 5) is 39.3. The highest BCUT2D eigenvalue weighted by molar-refractivity contribution is 8.01. The maximum absolute atomic E-state index is 14.2. The maximum atomic E-state index is 14.2. The fraction of sp³-hybridized carbons (Fsp3) is 0.386. The molecule has 0 saturated heterocycles. The van der Waals surface area contributed by atoms with Crippen LogP contribution in [-0.2, 0) is 40.3 Å². The van der Waals surface area contributed by atoms with Crippen molar-refractivity contribution in [2.24, 2.45) is 4.99 Å². The van der Waals surface area contributed by atoms with Gasteiger partial charge in [0.25, 0.3) is 11.8 Å². The summed E-state index contributed by atoms with van der Waals surface area (Å²) in [6.45, 7) is 15.4. The largest absolute Gasteiger partial charge is 0.493 e. The molecule has 5 aromatic rings. The van der Waals surface area contributed by atoms with Crippen LogP contribution >= 0.6 is 11.8 Å². The van der Waals surface area contributed by atoms with Crippen LogP contribution in [0.1, 0.15) is 81.8 Å². The minimum absolute atomic E-state index is 0.00110. The molecule has 0 aromatic heterocycles. The number of benzene rings is 5. The standard InChI is InChI=1S/C57H64N4O8S/c1-37(2)70-57(4,5)36-59(18-19-66-22-23-67-21-20-64-6)45-26-39(34-68-52-30-41-16-17-44-28-42-12-8-10-14-50(42)60(44)55(62)47(41)24-38(52)3)25-40(27-45)35-69-54-32-49-48(31-53(54)65-7)56(63)61-46(33-58-49)29-43-13-9-11-15-51(43)61/h8-17,24-27,30-33,37,44,46H,18-23,28-29,34-36H2,1-7H3/t44-,46+/m1/s1. The van der Waals surface area contributed by atoms with E-state index in [9.17, 15) is 9.59 Å². The zero-order valence-electron chi connectivity index (χ0n) is 41.4. The molecule has 5 aromatic carbocycles. The molecule has 12 nitrogen and oxygen atoms in total. The molecule has 0 N–H and O–H groups in total. The average molecular weight is 965 g/mol. The van der Waals surface area contributed by atoms with Crippen LogP contribution in [0, 0.1) is 6.92 Å². The molecule has 0 radical (unpaired) electrons. The third-order valence-electron chi connectivity index (χ3n) is 13.1. The highest BCUT2D eigenvalue weighted by Crippen LogP contribution is 2.42. The molecule has 0 saturated carbocycles. The van der Waals surface area contributed by atoms with Crippen LogP contribution < -0.4 is 28.9 Å². The van der Waals surface area contributed by atoms with Gasteiger partial charge in [-0.25, -0.2) is 0 Å². The van der Waals surface area contributed by atoms with Crippen molar-refractivity contribution in [3.63, 3.8) is 0 Å². The number of aliphatic imine (C=N–C) groups is 1. The first-order valence-electron chi connectivity index (χ1n) is 24.3. The molecule has 4 aliphatic rings. The summed E-state index contributed by atoms with van der Waals surface area (Å²) in [7, 11) is 3.25. The molecule has 0 bridgehead atoms. The molecule has 13 heteroatoms. The van der Waals surface area contributed by atoms with Crippen LogP contribution in [0.15, 0.2) is 102 Å². The monoisotopic (exact) mass is 964 g/mol. The summed E-state index contributed by atoms with van der Waals surface area (Å²) >= 11 is 1.94. The Hall–Kier alpha value is -6.12. The number of para-hydroxylation sites is 2. The van der Waals surface area contributed by atoms with E-state index < -0.39 is 0 Å². The number of methoxy groups -OCH3 is 2. The molecule has 2 amide bonds. The van der Waals surface area contributed by atoms with Crippen molar-refractivity contribution in [3.8, 4) is 17.2 Å². The molecule has 4 heterocycles. The van der Waals surface area contributed by atoms with Gasteiger partial charge in [-0.3, -0.25) is 19.5 Å². The van der Waals surface area contributed by atoms with Crippen LogP contribution in [0.25, 0.3) is 6.08 Å². The number of hydrogen-bond donors (Lipinski definition) is 0. The summed E-state index contributed by atoms with van der Waals surface area (Å²) in [5, 5.41) is 0.436. The molecule has 0 spiro atoms. The Morgan fingerprint density at radius 2 is 1.36 bits per heavy atom. The summed E-state index contributed by atoms with van der Waals surface area (Å²) < 4.78 is 36.1. The van der Waals surface area contributed by atoms with E-state index in [-0.39, 0.29) is 41.9 Å². The lowest BCUT2D eigenvalue weighted by Gasteiger charge is -2.35. The topological polar surface area (TPSA) is 112 Å². The number of nitrogens with zero attached hydrogens (tertiary/aromatic N) is 4. The molecule has 4 aliphatic heterocycles. The van der Waals surface area contributed by atoms with E-state index in [4.69, 9.17) is 33.4 Å². The number of amides is 2. The average Bonchev–Trinajstić information content (AvgIpc) is 3.84. The van der Waals surface area contributed by atoms with Crippen LogP contribution in [0.3, 0.4) is 0 Å². The van der Waals surface area contributed by atoms with Crippen molar-refractivity contribution in [1.82, 2.24) is 0 Å². The molecule has 9 rings (SSSR count). The SMILES string of the molecule is COCCOCCOCCN(CC(C)(C)SC(C)C)c1cc(COc2cc3c(cc2C)C(=O)N2c4ccccc4C[C@H]2C=C3)cc(COc2cc3c(cc2OC)C(=O)N2c4ccccc4C[C@H]2C=N3)c1. The quantitative estimate of drug-likeness (QED) is 0.0659. The molecule has 0 unspecified atom stereocenters. The van der Waals surface area contributed by atoms with Gasteiger partial charge in [0.05, 0.1) is 63.5 Å². The predicted octanol–water partition coefficient (Wildman–Crippen LogP) is 10.5. The van der Waals surface area contributed by atoms with Crippen molar-refractivity contribution < 1.29 is 38.0 Å². The molecular formula is C57H64N4O8S. The van der Waals surface area contributed by atoms with Gasteiger partial charge in [-0.1, -0.05) is 62.4 Å². The second-order valence-corrected chi connectivity index (χ2v) is 21.4. The summed E-state index contributed by atoms with van der Waals surface area (Å²) in [6.07, 6.45) is 7.56. The fourth-order valence-corrected chi connectivity index (χ4v) is 11.5. The lowest BCUT2D eigenvalue weighted by atomic mass is 10.0. The van der Waals surface area contributed by atoms with Gasteiger partial charge in [-0.05, 0) is 114 Å². The van der Waals surface area contributed by atoms with Gasteiger partial charge < -0.3 is 38.2 Å². The van der Waals surface area contributed by atoms with Crippen molar-refractivity contribution in [3.05, 3.63) is 142 Å². The zero-order chi connectivity index (χ0) is 48.9. The summed E-state index contributed by atoms with van der Waals surface area (Å²) in [5.74, 6) is 1.52. The van der Waals surface area contributed by atoms with E-state index in [1.54, 1.807) is 20.3 Å². The molecule has 2 atom stereocenters. The number of carbonyl (C=O) groups is 2. The Bertz CT molecular complexity index is 2790. The highest BCUT2D eigenvalue weighted by atomic mass is 32.2. The number of rotatable bonds is 21. The number of fused-ring (bicyclic) bond motifs is 8. The first-order chi connectivity index (χ1) is 33.9. The predicted molar refractivity (Wildman–Crippen MR) is 280 cm³/mol. The Morgan fingerprint density at radius 3 is 2.04 bits per heavy atom. The molecule has 366 valence electrons. The molecule has 70 heavy (non-hydrogen) atoms. The number of aryl methyl sites for hydroxylation is 1. The lowest BCUT2D eigenvalue weighted by molar-refractivity contribution is 0.0264. The third-order valence-corrected chi connectivity index (χ3v) is 14.3. The van der Waals surface area contributed by atoms with Crippen LogP contribution in [0.5, 0.6) is 17.2 Å². The van der Waals surface area contributed by atoms with Gasteiger partial charge in [0, 0.05) is 66.3 Å². The Kier molecular flexibility index (Phi) is 15.0. The van der Waals surface area contributed by atoms with Crippen molar-refractivity contribution in [2.45, 2.75) is 82.8 Å². The zero-order valence-corrected chi connectivity index (χ0v) is 42.2. The highest BCUT2D eigenvalue weighted by Gasteiger charge is 2.38. The van der Waals surface area contributed by atoms with E-state index in [0.29, 0.717) is 85.3 Å². The number of hydrogen-bond acceptors (Lipinski definition) is 11. The second kappa shape index (κ2) is 21.5. The molecule has 0 aliphatic carbocycles. The van der Waals surface area contributed by atoms with E-state index in [1.165, 1.54) is 5.56 Å². The Balaban J connectivity index is 0.999.